The van der Waals surface area contributed by atoms with E-state index in [0.717, 1.165) is 23.1 Å². The van der Waals surface area contributed by atoms with Crippen molar-refractivity contribution in [2.45, 2.75) is 27.2 Å². The van der Waals surface area contributed by atoms with Crippen LogP contribution in [0.4, 0.5) is 5.00 Å². The molecule has 0 aliphatic heterocycles. The third kappa shape index (κ3) is 4.15. The first-order valence-electron chi connectivity index (χ1n) is 9.30. The molecule has 5 heteroatoms. The van der Waals surface area contributed by atoms with Crippen LogP contribution in [0.3, 0.4) is 0 Å². The summed E-state index contributed by atoms with van der Waals surface area (Å²) >= 11 is 1.33. The summed E-state index contributed by atoms with van der Waals surface area (Å²) in [6.07, 6.45) is 0.951. The number of nitrogens with one attached hydrogen (secondary N) is 1. The fraction of sp³-hybridized carbons (Fsp3) is 0.217. The third-order valence-corrected chi connectivity index (χ3v) is 5.46. The lowest BCUT2D eigenvalue weighted by molar-refractivity contribution is 0.0529. The molecule has 2 aromatic carbocycles. The van der Waals surface area contributed by atoms with Crippen molar-refractivity contribution >= 4 is 28.2 Å². The molecule has 0 radical (unpaired) electrons. The van der Waals surface area contributed by atoms with Gasteiger partial charge in [0.25, 0.3) is 5.91 Å². The van der Waals surface area contributed by atoms with Gasteiger partial charge >= 0.3 is 5.97 Å². The fourth-order valence-corrected chi connectivity index (χ4v) is 3.94. The number of thiophene rings is 1. The van der Waals surface area contributed by atoms with Crippen LogP contribution in [-0.2, 0) is 11.2 Å². The van der Waals surface area contributed by atoms with Crippen LogP contribution < -0.4 is 5.32 Å². The monoisotopic (exact) mass is 393 g/mol. The highest BCUT2D eigenvalue weighted by Crippen LogP contribution is 2.36. The number of carbonyl (C=O) groups excluding carboxylic acids is 2. The number of amides is 1. The lowest BCUT2D eigenvalue weighted by Crippen LogP contribution is -2.15. The minimum Gasteiger partial charge on any atom is -0.462 e. The number of hydrogen-bond donors (Lipinski definition) is 1. The molecule has 1 heterocycles. The molecule has 0 saturated heterocycles. The summed E-state index contributed by atoms with van der Waals surface area (Å²) in [4.78, 5) is 25.4. The van der Waals surface area contributed by atoms with Crippen LogP contribution in [0.5, 0.6) is 0 Å². The molecule has 3 aromatic rings. The molecular formula is C23H23NO3S. The predicted octanol–water partition coefficient (Wildman–Crippen LogP) is 5.71. The van der Waals surface area contributed by atoms with Crippen LogP contribution in [-0.4, -0.2) is 18.5 Å². The van der Waals surface area contributed by atoms with Crippen LogP contribution in [0, 0.1) is 6.92 Å². The summed E-state index contributed by atoms with van der Waals surface area (Å²) in [5.74, 6) is -0.670. The molecule has 3 rings (SSSR count). The lowest BCUT2D eigenvalue weighted by atomic mass is 10.0. The van der Waals surface area contributed by atoms with E-state index >= 15 is 0 Å². The Kier molecular flexibility index (Phi) is 6.26. The second kappa shape index (κ2) is 8.85. The summed E-state index contributed by atoms with van der Waals surface area (Å²) in [7, 11) is 0. The van der Waals surface area contributed by atoms with Crippen LogP contribution in [0.15, 0.2) is 53.9 Å². The zero-order chi connectivity index (χ0) is 20.1. The Balaban J connectivity index is 1.99. The van der Waals surface area contributed by atoms with Gasteiger partial charge < -0.3 is 10.1 Å². The molecule has 28 heavy (non-hydrogen) atoms. The Bertz CT molecular complexity index is 989. The van der Waals surface area contributed by atoms with E-state index in [2.05, 4.69) is 12.2 Å². The Morgan fingerprint density at radius 1 is 1.04 bits per heavy atom. The first-order chi connectivity index (χ1) is 13.5. The van der Waals surface area contributed by atoms with Crippen LogP contribution in [0.1, 0.15) is 45.7 Å². The second-order valence-electron chi connectivity index (χ2n) is 6.39. The Morgan fingerprint density at radius 2 is 1.75 bits per heavy atom. The summed E-state index contributed by atoms with van der Waals surface area (Å²) in [6, 6.07) is 15.5. The molecule has 1 aromatic heterocycles. The smallest absolute Gasteiger partial charge is 0.341 e. The molecule has 0 saturated carbocycles. The molecule has 0 unspecified atom stereocenters. The summed E-state index contributed by atoms with van der Waals surface area (Å²) < 4.78 is 5.26. The van der Waals surface area contributed by atoms with Gasteiger partial charge in [0.2, 0.25) is 0 Å². The molecule has 0 atom stereocenters. The fourth-order valence-electron chi connectivity index (χ4n) is 2.99. The van der Waals surface area contributed by atoms with E-state index in [1.807, 2.05) is 54.8 Å². The van der Waals surface area contributed by atoms with Crippen molar-refractivity contribution < 1.29 is 14.3 Å². The molecule has 0 bridgehead atoms. The van der Waals surface area contributed by atoms with E-state index in [0.29, 0.717) is 16.1 Å². The zero-order valence-electron chi connectivity index (χ0n) is 16.2. The van der Waals surface area contributed by atoms with Gasteiger partial charge in [-0.3, -0.25) is 4.79 Å². The van der Waals surface area contributed by atoms with E-state index in [9.17, 15) is 9.59 Å². The van der Waals surface area contributed by atoms with Gasteiger partial charge in [-0.05, 0) is 43.0 Å². The SMILES string of the molecule is CCOC(=O)c1c(-c2ccc(CC)cc2)csc1NC(=O)c1ccccc1C. The highest BCUT2D eigenvalue weighted by atomic mass is 32.1. The van der Waals surface area contributed by atoms with Gasteiger partial charge in [-0.1, -0.05) is 49.4 Å². The van der Waals surface area contributed by atoms with Crippen molar-refractivity contribution in [1.29, 1.82) is 0 Å². The largest absolute Gasteiger partial charge is 0.462 e. The topological polar surface area (TPSA) is 55.4 Å². The molecule has 0 aliphatic carbocycles. The Morgan fingerprint density at radius 3 is 2.39 bits per heavy atom. The van der Waals surface area contributed by atoms with Crippen molar-refractivity contribution in [3.63, 3.8) is 0 Å². The van der Waals surface area contributed by atoms with Gasteiger partial charge in [-0.25, -0.2) is 4.79 Å². The highest BCUT2D eigenvalue weighted by Gasteiger charge is 2.23. The molecule has 4 nitrogen and oxygen atoms in total. The van der Waals surface area contributed by atoms with E-state index in [4.69, 9.17) is 4.74 Å². The van der Waals surface area contributed by atoms with Gasteiger partial charge in [-0.2, -0.15) is 0 Å². The van der Waals surface area contributed by atoms with Crippen molar-refractivity contribution in [3.8, 4) is 11.1 Å². The lowest BCUT2D eigenvalue weighted by Gasteiger charge is -2.10. The maximum absolute atomic E-state index is 12.7. The van der Waals surface area contributed by atoms with Crippen molar-refractivity contribution in [2.75, 3.05) is 11.9 Å². The Hall–Kier alpha value is -2.92. The minimum absolute atomic E-state index is 0.238. The molecule has 1 amide bonds. The van der Waals surface area contributed by atoms with Crippen molar-refractivity contribution in [1.82, 2.24) is 0 Å². The quantitative estimate of drug-likeness (QED) is 0.545. The summed E-state index contributed by atoms with van der Waals surface area (Å²) in [5.41, 5.74) is 4.78. The van der Waals surface area contributed by atoms with Crippen LogP contribution in [0.2, 0.25) is 0 Å². The van der Waals surface area contributed by atoms with Crippen molar-refractivity contribution in [2.24, 2.45) is 0 Å². The highest BCUT2D eigenvalue weighted by molar-refractivity contribution is 7.15. The number of rotatable bonds is 6. The number of hydrogen-bond acceptors (Lipinski definition) is 4. The molecule has 0 aliphatic rings. The second-order valence-corrected chi connectivity index (χ2v) is 7.27. The number of ether oxygens (including phenoxy) is 1. The first-order valence-corrected chi connectivity index (χ1v) is 10.2. The molecule has 0 fully saturated rings. The predicted molar refractivity (Wildman–Crippen MR) is 114 cm³/mol. The minimum atomic E-state index is -0.432. The zero-order valence-corrected chi connectivity index (χ0v) is 17.1. The van der Waals surface area contributed by atoms with Gasteiger partial charge in [0.05, 0.1) is 6.61 Å². The first kappa shape index (κ1) is 19.8. The average molecular weight is 394 g/mol. The van der Waals surface area contributed by atoms with Crippen LogP contribution in [0.25, 0.3) is 11.1 Å². The molecule has 144 valence electrons. The van der Waals surface area contributed by atoms with E-state index in [1.165, 1.54) is 16.9 Å². The molecule has 1 N–H and O–H groups in total. The summed E-state index contributed by atoms with van der Waals surface area (Å²) in [5, 5.41) is 5.29. The number of aryl methyl sites for hydroxylation is 2. The molecular weight excluding hydrogens is 370 g/mol. The average Bonchev–Trinajstić information content (AvgIpc) is 3.12. The van der Waals surface area contributed by atoms with Gasteiger partial charge in [0.1, 0.15) is 10.6 Å². The van der Waals surface area contributed by atoms with Gasteiger partial charge in [0.15, 0.2) is 0 Å². The Labute approximate surface area is 169 Å². The number of anilines is 1. The van der Waals surface area contributed by atoms with E-state index in [-0.39, 0.29) is 12.5 Å². The maximum Gasteiger partial charge on any atom is 0.341 e. The van der Waals surface area contributed by atoms with Gasteiger partial charge in [0, 0.05) is 16.5 Å². The van der Waals surface area contributed by atoms with E-state index < -0.39 is 5.97 Å². The number of esters is 1. The normalized spacial score (nSPS) is 10.5. The van der Waals surface area contributed by atoms with Crippen LogP contribution >= 0.6 is 11.3 Å². The molecule has 0 spiro atoms. The third-order valence-electron chi connectivity index (χ3n) is 4.56. The summed E-state index contributed by atoms with van der Waals surface area (Å²) in [6.45, 7) is 6.03. The van der Waals surface area contributed by atoms with E-state index in [1.54, 1.807) is 13.0 Å². The number of benzene rings is 2. The number of carbonyl (C=O) groups is 2. The standard InChI is InChI=1S/C23H23NO3S/c1-4-16-10-12-17(13-11-16)19-14-28-22(20(19)23(26)27-5-2)24-21(25)18-9-7-6-8-15(18)3/h6-14H,4-5H2,1-3H3,(H,24,25). The van der Waals surface area contributed by atoms with Crippen molar-refractivity contribution in [3.05, 3.63) is 76.2 Å². The maximum atomic E-state index is 12.7. The van der Waals surface area contributed by atoms with Gasteiger partial charge in [-0.15, -0.1) is 11.3 Å².